The van der Waals surface area contributed by atoms with Crippen molar-refractivity contribution in [1.82, 2.24) is 19.5 Å². The van der Waals surface area contributed by atoms with E-state index in [4.69, 9.17) is 14.2 Å². The number of hydrogen-bond acceptors (Lipinski definition) is 8. The number of thiazole rings is 1. The lowest BCUT2D eigenvalue weighted by Crippen LogP contribution is -2.01. The smallest absolute Gasteiger partial charge is 0.229 e. The Balaban J connectivity index is 1.72. The number of benzene rings is 1. The molecule has 8 nitrogen and oxygen atoms in total. The quantitative estimate of drug-likeness (QED) is 0.544. The van der Waals surface area contributed by atoms with Crippen molar-refractivity contribution in [3.63, 3.8) is 0 Å². The lowest BCUT2D eigenvalue weighted by Gasteiger charge is -2.14. The maximum absolute atomic E-state index is 5.39. The second-order valence-electron chi connectivity index (χ2n) is 5.51. The molecule has 0 bridgehead atoms. The van der Waals surface area contributed by atoms with Crippen LogP contribution in [0.2, 0.25) is 0 Å². The molecule has 0 unspecified atom stereocenters. The molecule has 138 valence electrons. The van der Waals surface area contributed by atoms with E-state index in [1.165, 1.54) is 0 Å². The van der Waals surface area contributed by atoms with Gasteiger partial charge in [-0.15, -0.1) is 11.3 Å². The second-order valence-corrected chi connectivity index (χ2v) is 6.39. The fraction of sp³-hybridized carbons (Fsp3) is 0.167. The average molecular weight is 383 g/mol. The van der Waals surface area contributed by atoms with Crippen molar-refractivity contribution in [2.75, 3.05) is 26.6 Å². The van der Waals surface area contributed by atoms with Crippen molar-refractivity contribution < 1.29 is 14.2 Å². The Labute approximate surface area is 159 Å². The number of ether oxygens (including phenoxy) is 3. The predicted octanol–water partition coefficient (Wildman–Crippen LogP) is 3.65. The first-order chi connectivity index (χ1) is 13.2. The molecule has 0 saturated heterocycles. The first kappa shape index (κ1) is 17.1. The van der Waals surface area contributed by atoms with Crippen LogP contribution in [0.4, 0.5) is 11.6 Å². The molecule has 4 aromatic rings. The Morgan fingerprint density at radius 3 is 2.44 bits per heavy atom. The molecule has 0 saturated carbocycles. The Kier molecular flexibility index (Phi) is 4.51. The molecular weight excluding hydrogens is 366 g/mol. The molecule has 3 aromatic heterocycles. The van der Waals surface area contributed by atoms with E-state index in [0.29, 0.717) is 23.2 Å². The summed E-state index contributed by atoms with van der Waals surface area (Å²) in [5.74, 6) is 2.08. The van der Waals surface area contributed by atoms with Crippen LogP contribution in [0.1, 0.15) is 0 Å². The Hall–Kier alpha value is -3.33. The zero-order valence-electron chi connectivity index (χ0n) is 15.0. The van der Waals surface area contributed by atoms with Crippen LogP contribution in [0.5, 0.6) is 17.2 Å². The van der Waals surface area contributed by atoms with Crippen molar-refractivity contribution in [1.29, 1.82) is 0 Å². The molecule has 1 aromatic carbocycles. The molecule has 4 rings (SSSR count). The highest BCUT2D eigenvalue weighted by molar-refractivity contribution is 7.12. The SMILES string of the molecule is COc1cc(Nc2ncc3ccn(-c4nccs4)c3n2)cc(OC)c1OC. The van der Waals surface area contributed by atoms with Gasteiger partial charge in [0.25, 0.3) is 0 Å². The number of rotatable bonds is 6. The van der Waals surface area contributed by atoms with E-state index >= 15 is 0 Å². The van der Waals surface area contributed by atoms with Crippen LogP contribution in [-0.2, 0) is 0 Å². The lowest BCUT2D eigenvalue weighted by atomic mass is 10.2. The highest BCUT2D eigenvalue weighted by atomic mass is 32.1. The van der Waals surface area contributed by atoms with E-state index in [2.05, 4.69) is 20.3 Å². The summed E-state index contributed by atoms with van der Waals surface area (Å²) < 4.78 is 18.1. The van der Waals surface area contributed by atoms with E-state index < -0.39 is 0 Å². The molecule has 3 heterocycles. The number of fused-ring (bicyclic) bond motifs is 1. The van der Waals surface area contributed by atoms with Crippen molar-refractivity contribution >= 4 is 34.0 Å². The first-order valence-electron chi connectivity index (χ1n) is 8.04. The molecule has 0 fully saturated rings. The minimum absolute atomic E-state index is 0.452. The van der Waals surface area contributed by atoms with Gasteiger partial charge in [0.1, 0.15) is 0 Å². The van der Waals surface area contributed by atoms with Gasteiger partial charge in [0, 0.05) is 47.2 Å². The molecule has 0 radical (unpaired) electrons. The first-order valence-corrected chi connectivity index (χ1v) is 8.92. The monoisotopic (exact) mass is 383 g/mol. The molecule has 0 spiro atoms. The van der Waals surface area contributed by atoms with Gasteiger partial charge in [-0.25, -0.2) is 9.97 Å². The van der Waals surface area contributed by atoms with Crippen molar-refractivity contribution in [3.8, 4) is 22.4 Å². The van der Waals surface area contributed by atoms with Gasteiger partial charge < -0.3 is 19.5 Å². The summed E-state index contributed by atoms with van der Waals surface area (Å²) in [6.07, 6.45) is 5.47. The summed E-state index contributed by atoms with van der Waals surface area (Å²) in [6.45, 7) is 0. The highest BCUT2D eigenvalue weighted by Gasteiger charge is 2.14. The number of nitrogens with one attached hydrogen (secondary N) is 1. The second kappa shape index (κ2) is 7.12. The van der Waals surface area contributed by atoms with Gasteiger partial charge in [-0.1, -0.05) is 0 Å². The van der Waals surface area contributed by atoms with Crippen LogP contribution in [0, 0.1) is 0 Å². The predicted molar refractivity (Wildman–Crippen MR) is 104 cm³/mol. The molecule has 0 aliphatic rings. The summed E-state index contributed by atoms with van der Waals surface area (Å²) >= 11 is 1.54. The Morgan fingerprint density at radius 1 is 1.04 bits per heavy atom. The van der Waals surface area contributed by atoms with E-state index in [1.807, 2.05) is 22.2 Å². The molecule has 1 N–H and O–H groups in total. The summed E-state index contributed by atoms with van der Waals surface area (Å²) in [5, 5.41) is 6.90. The zero-order valence-corrected chi connectivity index (χ0v) is 15.8. The summed E-state index contributed by atoms with van der Waals surface area (Å²) in [5.41, 5.74) is 1.49. The van der Waals surface area contributed by atoms with E-state index in [9.17, 15) is 0 Å². The van der Waals surface area contributed by atoms with Gasteiger partial charge in [0.2, 0.25) is 11.7 Å². The number of anilines is 2. The van der Waals surface area contributed by atoms with Gasteiger partial charge in [0.15, 0.2) is 22.3 Å². The zero-order chi connectivity index (χ0) is 18.8. The van der Waals surface area contributed by atoms with Crippen LogP contribution in [0.3, 0.4) is 0 Å². The van der Waals surface area contributed by atoms with Gasteiger partial charge in [-0.05, 0) is 6.07 Å². The minimum Gasteiger partial charge on any atom is -0.493 e. The van der Waals surface area contributed by atoms with E-state index in [1.54, 1.807) is 57.2 Å². The van der Waals surface area contributed by atoms with Gasteiger partial charge in [0.05, 0.1) is 21.3 Å². The standard InChI is InChI=1S/C18H17N5O3S/c1-24-13-8-12(9-14(25-2)15(13)26-3)21-17-20-10-11-4-6-23(16(11)22-17)18-19-5-7-27-18/h4-10H,1-3H3,(H,20,21,22). The third kappa shape index (κ3) is 3.13. The van der Waals surface area contributed by atoms with E-state index in [-0.39, 0.29) is 0 Å². The summed E-state index contributed by atoms with van der Waals surface area (Å²) in [4.78, 5) is 13.4. The highest BCUT2D eigenvalue weighted by Crippen LogP contribution is 2.40. The van der Waals surface area contributed by atoms with Crippen LogP contribution in [-0.4, -0.2) is 40.8 Å². The summed E-state index contributed by atoms with van der Waals surface area (Å²) in [6, 6.07) is 5.56. The van der Waals surface area contributed by atoms with Crippen molar-refractivity contribution in [3.05, 3.63) is 42.2 Å². The number of hydrogen-bond donors (Lipinski definition) is 1. The molecule has 0 aliphatic heterocycles. The number of nitrogens with zero attached hydrogens (tertiary/aromatic N) is 4. The number of aromatic nitrogens is 4. The third-order valence-electron chi connectivity index (χ3n) is 3.97. The summed E-state index contributed by atoms with van der Waals surface area (Å²) in [7, 11) is 4.71. The largest absolute Gasteiger partial charge is 0.493 e. The molecular formula is C18H17N5O3S. The maximum Gasteiger partial charge on any atom is 0.229 e. The fourth-order valence-electron chi connectivity index (χ4n) is 2.75. The minimum atomic E-state index is 0.452. The van der Waals surface area contributed by atoms with Crippen LogP contribution in [0.25, 0.3) is 16.2 Å². The van der Waals surface area contributed by atoms with Crippen LogP contribution in [0.15, 0.2) is 42.2 Å². The fourth-order valence-corrected chi connectivity index (χ4v) is 3.38. The third-order valence-corrected chi connectivity index (χ3v) is 4.74. The molecule has 0 amide bonds. The van der Waals surface area contributed by atoms with E-state index in [0.717, 1.165) is 21.9 Å². The Morgan fingerprint density at radius 2 is 1.81 bits per heavy atom. The average Bonchev–Trinajstić information content (AvgIpc) is 3.36. The normalized spacial score (nSPS) is 10.8. The maximum atomic E-state index is 5.39. The van der Waals surface area contributed by atoms with Crippen LogP contribution >= 0.6 is 11.3 Å². The van der Waals surface area contributed by atoms with Crippen molar-refractivity contribution in [2.24, 2.45) is 0 Å². The van der Waals surface area contributed by atoms with Crippen LogP contribution < -0.4 is 19.5 Å². The molecule has 9 heteroatoms. The molecule has 27 heavy (non-hydrogen) atoms. The van der Waals surface area contributed by atoms with Gasteiger partial charge in [-0.2, -0.15) is 4.98 Å². The number of methoxy groups -OCH3 is 3. The topological polar surface area (TPSA) is 83.3 Å². The molecule has 0 aliphatic carbocycles. The lowest BCUT2D eigenvalue weighted by molar-refractivity contribution is 0.324. The Bertz CT molecular complexity index is 1050. The van der Waals surface area contributed by atoms with Crippen molar-refractivity contribution in [2.45, 2.75) is 0 Å². The van der Waals surface area contributed by atoms with Gasteiger partial charge in [-0.3, -0.25) is 4.57 Å². The van der Waals surface area contributed by atoms with Gasteiger partial charge >= 0.3 is 0 Å². The molecule has 0 atom stereocenters.